The highest BCUT2D eigenvalue weighted by Crippen LogP contribution is 2.72. The van der Waals surface area contributed by atoms with Crippen LogP contribution in [0.3, 0.4) is 0 Å². The summed E-state index contributed by atoms with van der Waals surface area (Å²) in [7, 11) is 0. The third kappa shape index (κ3) is 3.79. The highest BCUT2D eigenvalue weighted by Gasteiger charge is 2.69. The van der Waals surface area contributed by atoms with E-state index < -0.39 is 40.7 Å². The van der Waals surface area contributed by atoms with Crippen LogP contribution in [0.2, 0.25) is 0 Å². The van der Waals surface area contributed by atoms with Crippen molar-refractivity contribution in [2.75, 3.05) is 13.2 Å². The van der Waals surface area contributed by atoms with Crippen molar-refractivity contribution in [1.29, 1.82) is 0 Å². The second kappa shape index (κ2) is 9.27. The van der Waals surface area contributed by atoms with Crippen molar-refractivity contribution in [3.63, 3.8) is 0 Å². The fourth-order valence-corrected chi connectivity index (χ4v) is 10.7. The van der Waals surface area contributed by atoms with Crippen LogP contribution in [0, 0.1) is 50.2 Å². The normalized spacial score (nSPS) is 55.7. The van der Waals surface area contributed by atoms with E-state index in [0.29, 0.717) is 19.3 Å². The zero-order valence-electron chi connectivity index (χ0n) is 24.1. The van der Waals surface area contributed by atoms with Crippen LogP contribution < -0.4 is 0 Å². The van der Waals surface area contributed by atoms with Gasteiger partial charge >= 0.3 is 0 Å². The minimum Gasteiger partial charge on any atom is -0.396 e. The summed E-state index contributed by atoms with van der Waals surface area (Å²) in [4.78, 5) is 0. The minimum atomic E-state index is -1.18. The standard InChI is InChI=1S/C31H54O6/c1-8-9-21-28(5)12-11-22(34)29(6,17-32)20(28)10-13-30(21,7)27(4)15-19-14-26(2,3)24(36)25(37)31(19,18-33)23(35)16-27/h8,19-25,32-37H,1,9-18H2,2-7H3/t19?,20?,21?,22-,23+,24-,25-,27-,28-,29+,30+,31-/m0/s1. The molecule has 37 heavy (non-hydrogen) atoms. The summed E-state index contributed by atoms with van der Waals surface area (Å²) in [6.07, 6.45) is 4.47. The monoisotopic (exact) mass is 522 g/mol. The summed E-state index contributed by atoms with van der Waals surface area (Å²) in [6.45, 7) is 16.8. The van der Waals surface area contributed by atoms with Gasteiger partial charge < -0.3 is 30.6 Å². The van der Waals surface area contributed by atoms with Gasteiger partial charge in [0.15, 0.2) is 0 Å². The van der Waals surface area contributed by atoms with Gasteiger partial charge in [-0.3, -0.25) is 0 Å². The molecule has 0 heterocycles. The van der Waals surface area contributed by atoms with Crippen molar-refractivity contribution in [3.05, 3.63) is 12.7 Å². The number of fused-ring (bicyclic) bond motifs is 2. The maximum absolute atomic E-state index is 11.7. The van der Waals surface area contributed by atoms with Gasteiger partial charge in [-0.2, -0.15) is 0 Å². The van der Waals surface area contributed by atoms with Crippen LogP contribution in [-0.2, 0) is 0 Å². The molecule has 4 aliphatic rings. The molecule has 3 unspecified atom stereocenters. The minimum absolute atomic E-state index is 0.0294. The summed E-state index contributed by atoms with van der Waals surface area (Å²) < 4.78 is 0. The summed E-state index contributed by atoms with van der Waals surface area (Å²) in [5.74, 6) is 0.314. The highest BCUT2D eigenvalue weighted by molar-refractivity contribution is 5.19. The van der Waals surface area contributed by atoms with Crippen LogP contribution in [-0.4, -0.2) is 68.3 Å². The molecule has 0 aromatic carbocycles. The topological polar surface area (TPSA) is 121 Å². The second-order valence-corrected chi connectivity index (χ2v) is 15.3. The van der Waals surface area contributed by atoms with Gasteiger partial charge in [0.2, 0.25) is 0 Å². The molecule has 0 amide bonds. The summed E-state index contributed by atoms with van der Waals surface area (Å²) in [5, 5.41) is 66.0. The van der Waals surface area contributed by atoms with Crippen molar-refractivity contribution < 1.29 is 30.6 Å². The van der Waals surface area contributed by atoms with Crippen LogP contribution in [0.1, 0.15) is 92.9 Å². The fourth-order valence-electron chi connectivity index (χ4n) is 10.7. The fraction of sp³-hybridized carbons (Fsp3) is 0.935. The molecule has 6 heteroatoms. The molecule has 0 radical (unpaired) electrons. The molecule has 12 atom stereocenters. The van der Waals surface area contributed by atoms with Gasteiger partial charge in [-0.25, -0.2) is 0 Å². The van der Waals surface area contributed by atoms with E-state index in [4.69, 9.17) is 0 Å². The summed E-state index contributed by atoms with van der Waals surface area (Å²) in [6, 6.07) is 0. The molecule has 214 valence electrons. The molecule has 4 aliphatic carbocycles. The van der Waals surface area contributed by atoms with Crippen molar-refractivity contribution in [2.24, 2.45) is 50.2 Å². The smallest absolute Gasteiger partial charge is 0.0909 e. The lowest BCUT2D eigenvalue weighted by Crippen LogP contribution is -2.70. The zero-order chi connectivity index (χ0) is 27.8. The van der Waals surface area contributed by atoms with Crippen LogP contribution in [0.4, 0.5) is 0 Å². The Morgan fingerprint density at radius 1 is 0.784 bits per heavy atom. The van der Waals surface area contributed by atoms with Gasteiger partial charge in [-0.1, -0.05) is 47.6 Å². The molecule has 0 saturated heterocycles. The molecule has 0 aliphatic heterocycles. The lowest BCUT2D eigenvalue weighted by molar-refractivity contribution is -0.275. The Morgan fingerprint density at radius 3 is 2.00 bits per heavy atom. The lowest BCUT2D eigenvalue weighted by Gasteiger charge is -2.70. The Balaban J connectivity index is 1.77. The molecule has 4 fully saturated rings. The van der Waals surface area contributed by atoms with Crippen LogP contribution in [0.5, 0.6) is 0 Å². The first-order valence-corrected chi connectivity index (χ1v) is 14.6. The molecule has 0 aromatic heterocycles. The third-order valence-corrected chi connectivity index (χ3v) is 13.4. The second-order valence-electron chi connectivity index (χ2n) is 15.3. The first kappa shape index (κ1) is 29.5. The maximum Gasteiger partial charge on any atom is 0.0909 e. The third-order valence-electron chi connectivity index (χ3n) is 13.4. The van der Waals surface area contributed by atoms with Gasteiger partial charge in [0.05, 0.1) is 43.0 Å². The molecule has 0 aromatic rings. The van der Waals surface area contributed by atoms with Crippen molar-refractivity contribution in [3.8, 4) is 0 Å². The number of aliphatic hydroxyl groups excluding tert-OH is 6. The van der Waals surface area contributed by atoms with E-state index in [0.717, 1.165) is 32.1 Å². The number of allylic oxidation sites excluding steroid dienone is 1. The van der Waals surface area contributed by atoms with Crippen molar-refractivity contribution in [1.82, 2.24) is 0 Å². The van der Waals surface area contributed by atoms with E-state index in [1.54, 1.807) is 0 Å². The van der Waals surface area contributed by atoms with E-state index in [2.05, 4.69) is 27.4 Å². The van der Waals surface area contributed by atoms with Crippen LogP contribution in [0.15, 0.2) is 12.7 Å². The van der Waals surface area contributed by atoms with Gasteiger partial charge in [0.25, 0.3) is 0 Å². The maximum atomic E-state index is 11.7. The quantitative estimate of drug-likeness (QED) is 0.307. The van der Waals surface area contributed by atoms with Gasteiger partial charge in [0.1, 0.15) is 0 Å². The van der Waals surface area contributed by atoms with E-state index >= 15 is 0 Å². The number of hydrogen-bond donors (Lipinski definition) is 6. The van der Waals surface area contributed by atoms with Crippen LogP contribution in [0.25, 0.3) is 0 Å². The first-order chi connectivity index (χ1) is 17.0. The predicted octanol–water partition coefficient (Wildman–Crippen LogP) is 3.66. The van der Waals surface area contributed by atoms with E-state index in [9.17, 15) is 30.6 Å². The van der Waals surface area contributed by atoms with Gasteiger partial charge in [-0.15, -0.1) is 6.58 Å². The average molecular weight is 523 g/mol. The molecule has 0 spiro atoms. The molecule has 4 saturated carbocycles. The van der Waals surface area contributed by atoms with Gasteiger partial charge in [-0.05, 0) is 90.8 Å². The zero-order valence-corrected chi connectivity index (χ0v) is 24.1. The average Bonchev–Trinajstić information content (AvgIpc) is 2.82. The molecular formula is C31H54O6. The molecule has 4 rings (SSSR count). The Kier molecular flexibility index (Phi) is 7.39. The van der Waals surface area contributed by atoms with Gasteiger partial charge in [0, 0.05) is 5.41 Å². The van der Waals surface area contributed by atoms with Crippen LogP contribution >= 0.6 is 0 Å². The Labute approximate surface area is 224 Å². The Bertz CT molecular complexity index is 876. The van der Waals surface area contributed by atoms with Crippen molar-refractivity contribution in [2.45, 2.75) is 117 Å². The largest absolute Gasteiger partial charge is 0.396 e. The van der Waals surface area contributed by atoms with E-state index in [1.807, 2.05) is 26.8 Å². The predicted molar refractivity (Wildman–Crippen MR) is 144 cm³/mol. The Hall–Kier alpha value is -0.500. The molecular weight excluding hydrogens is 468 g/mol. The molecule has 0 bridgehead atoms. The summed E-state index contributed by atoms with van der Waals surface area (Å²) in [5.41, 5.74) is -2.70. The first-order valence-electron chi connectivity index (χ1n) is 14.6. The number of aliphatic hydroxyl groups is 6. The number of rotatable bonds is 5. The van der Waals surface area contributed by atoms with E-state index in [-0.39, 0.29) is 47.2 Å². The highest BCUT2D eigenvalue weighted by atomic mass is 16.3. The molecule has 6 nitrogen and oxygen atoms in total. The lowest BCUT2D eigenvalue weighted by atomic mass is 9.35. The Morgan fingerprint density at radius 2 is 1.43 bits per heavy atom. The van der Waals surface area contributed by atoms with E-state index in [1.165, 1.54) is 0 Å². The van der Waals surface area contributed by atoms with Crippen molar-refractivity contribution >= 4 is 0 Å². The molecule has 6 N–H and O–H groups in total. The number of hydrogen-bond acceptors (Lipinski definition) is 6. The summed E-state index contributed by atoms with van der Waals surface area (Å²) >= 11 is 0. The SMILES string of the molecule is C=CCC1[C@@]2(C)CC[C@H](O)[C@](C)(CO)C2CC[C@@]1(C)[C@@]1(C)CC2CC(C)(C)[C@@H](O)[C@H](O)[C@]2(CO)[C@H](O)C1.